The lowest BCUT2D eigenvalue weighted by atomic mass is 9.96. The van der Waals surface area contributed by atoms with Crippen LogP contribution in [0.15, 0.2) is 18.2 Å². The molecule has 0 radical (unpaired) electrons. The number of hydrogen-bond donors (Lipinski definition) is 2. The summed E-state index contributed by atoms with van der Waals surface area (Å²) in [5.74, 6) is -0.369. The zero-order valence-corrected chi connectivity index (χ0v) is 11.9. The molecule has 0 aliphatic heterocycles. The van der Waals surface area contributed by atoms with Crippen LogP contribution in [0.3, 0.4) is 0 Å². The quantitative estimate of drug-likeness (QED) is 0.807. The molecule has 19 heavy (non-hydrogen) atoms. The molecule has 1 aromatic rings. The maximum Gasteiger partial charge on any atom is 0.337 e. The Labute approximate surface area is 119 Å². The third-order valence-corrected chi connectivity index (χ3v) is 4.15. The summed E-state index contributed by atoms with van der Waals surface area (Å²) >= 11 is 5.87. The Bertz CT molecular complexity index is 461. The summed E-state index contributed by atoms with van der Waals surface area (Å²) in [5.41, 5.74) is 0.930. The average molecular weight is 282 g/mol. The van der Waals surface area contributed by atoms with E-state index in [2.05, 4.69) is 12.2 Å². The second-order valence-electron chi connectivity index (χ2n) is 5.36. The van der Waals surface area contributed by atoms with Crippen LogP contribution in [-0.2, 0) is 0 Å². The highest BCUT2D eigenvalue weighted by Crippen LogP contribution is 2.28. The lowest BCUT2D eigenvalue weighted by molar-refractivity contribution is 0.0698. The van der Waals surface area contributed by atoms with E-state index in [4.69, 9.17) is 11.6 Å². The molecule has 0 aromatic heterocycles. The number of aromatic carboxylic acids is 1. The molecule has 0 saturated heterocycles. The number of carbonyl (C=O) groups is 1. The van der Waals surface area contributed by atoms with Gasteiger partial charge in [-0.3, -0.25) is 0 Å². The lowest BCUT2D eigenvalue weighted by Gasteiger charge is -2.25. The van der Waals surface area contributed by atoms with Gasteiger partial charge in [-0.25, -0.2) is 4.79 Å². The first-order chi connectivity index (χ1) is 9.08. The van der Waals surface area contributed by atoms with Gasteiger partial charge in [0, 0.05) is 16.8 Å². The van der Waals surface area contributed by atoms with Crippen molar-refractivity contribution >= 4 is 23.3 Å². The fourth-order valence-corrected chi connectivity index (χ4v) is 2.90. The fourth-order valence-electron chi connectivity index (χ4n) is 2.73. The van der Waals surface area contributed by atoms with Crippen molar-refractivity contribution < 1.29 is 9.90 Å². The molecule has 0 heterocycles. The van der Waals surface area contributed by atoms with Gasteiger partial charge < -0.3 is 10.4 Å². The Morgan fingerprint density at radius 2 is 2.05 bits per heavy atom. The minimum atomic E-state index is -0.939. The van der Waals surface area contributed by atoms with E-state index in [9.17, 15) is 9.90 Å². The monoisotopic (exact) mass is 281 g/mol. The van der Waals surface area contributed by atoms with Gasteiger partial charge in [0.15, 0.2) is 0 Å². The summed E-state index contributed by atoms with van der Waals surface area (Å²) in [6, 6.07) is 5.36. The summed E-state index contributed by atoms with van der Waals surface area (Å²) in [6.07, 6.45) is 6.05. The molecule has 2 rings (SSSR count). The van der Waals surface area contributed by atoms with Crippen LogP contribution in [-0.4, -0.2) is 17.1 Å². The lowest BCUT2D eigenvalue weighted by Crippen LogP contribution is -2.27. The first-order valence-electron chi connectivity index (χ1n) is 6.87. The van der Waals surface area contributed by atoms with Crippen molar-refractivity contribution in [3.63, 3.8) is 0 Å². The minimum absolute atomic E-state index is 0.254. The normalized spacial score (nSPS) is 23.7. The second-order valence-corrected chi connectivity index (χ2v) is 5.80. The summed E-state index contributed by atoms with van der Waals surface area (Å²) in [7, 11) is 0. The van der Waals surface area contributed by atoms with Gasteiger partial charge in [0.05, 0.1) is 5.56 Å². The van der Waals surface area contributed by atoms with E-state index in [-0.39, 0.29) is 5.56 Å². The molecule has 1 aliphatic rings. The molecular weight excluding hydrogens is 262 g/mol. The SMILES string of the molecule is CC1CCCCCC1Nc1ccc(Cl)cc1C(=O)O. The van der Waals surface area contributed by atoms with Crippen LogP contribution in [0.5, 0.6) is 0 Å². The predicted octanol–water partition coefficient (Wildman–Crippen LogP) is 4.42. The van der Waals surface area contributed by atoms with Crippen molar-refractivity contribution in [2.75, 3.05) is 5.32 Å². The molecule has 1 fully saturated rings. The highest BCUT2D eigenvalue weighted by Gasteiger charge is 2.21. The maximum absolute atomic E-state index is 11.3. The van der Waals surface area contributed by atoms with Crippen LogP contribution in [0.25, 0.3) is 0 Å². The van der Waals surface area contributed by atoms with Crippen LogP contribution in [0.4, 0.5) is 5.69 Å². The van der Waals surface area contributed by atoms with E-state index < -0.39 is 5.97 Å². The molecule has 0 spiro atoms. The molecule has 4 heteroatoms. The van der Waals surface area contributed by atoms with Crippen LogP contribution >= 0.6 is 11.6 Å². The van der Waals surface area contributed by atoms with Gasteiger partial charge in [-0.05, 0) is 37.0 Å². The average Bonchev–Trinajstić information content (AvgIpc) is 2.57. The first kappa shape index (κ1) is 14.2. The number of rotatable bonds is 3. The van der Waals surface area contributed by atoms with E-state index in [1.165, 1.54) is 31.7 Å². The Hall–Kier alpha value is -1.22. The first-order valence-corrected chi connectivity index (χ1v) is 7.25. The van der Waals surface area contributed by atoms with E-state index in [1.54, 1.807) is 12.1 Å². The Morgan fingerprint density at radius 3 is 2.79 bits per heavy atom. The zero-order valence-electron chi connectivity index (χ0n) is 11.2. The highest BCUT2D eigenvalue weighted by molar-refractivity contribution is 6.31. The van der Waals surface area contributed by atoms with Crippen molar-refractivity contribution in [2.45, 2.75) is 45.1 Å². The maximum atomic E-state index is 11.3. The number of carboxylic acids is 1. The van der Waals surface area contributed by atoms with Crippen molar-refractivity contribution in [2.24, 2.45) is 5.92 Å². The van der Waals surface area contributed by atoms with Gasteiger partial charge in [-0.2, -0.15) is 0 Å². The second kappa shape index (κ2) is 6.29. The van der Waals surface area contributed by atoms with Gasteiger partial charge in [-0.15, -0.1) is 0 Å². The Balaban J connectivity index is 2.19. The van der Waals surface area contributed by atoms with E-state index in [1.807, 2.05) is 0 Å². The van der Waals surface area contributed by atoms with Gasteiger partial charge in [0.1, 0.15) is 0 Å². The number of hydrogen-bond acceptors (Lipinski definition) is 2. The number of halogens is 1. The van der Waals surface area contributed by atoms with E-state index >= 15 is 0 Å². The number of anilines is 1. The van der Waals surface area contributed by atoms with E-state index in [0.29, 0.717) is 22.7 Å². The molecule has 3 nitrogen and oxygen atoms in total. The number of carboxylic acid groups (broad SMARTS) is 1. The molecule has 0 bridgehead atoms. The van der Waals surface area contributed by atoms with Crippen LogP contribution in [0.2, 0.25) is 5.02 Å². The number of nitrogens with one attached hydrogen (secondary N) is 1. The third kappa shape index (κ3) is 3.63. The van der Waals surface area contributed by atoms with E-state index in [0.717, 1.165) is 6.42 Å². The Morgan fingerprint density at radius 1 is 1.32 bits per heavy atom. The summed E-state index contributed by atoms with van der Waals surface area (Å²) in [4.78, 5) is 11.3. The summed E-state index contributed by atoms with van der Waals surface area (Å²) in [6.45, 7) is 2.24. The van der Waals surface area contributed by atoms with Gasteiger partial charge in [-0.1, -0.05) is 37.8 Å². The smallest absolute Gasteiger partial charge is 0.337 e. The molecule has 104 valence electrons. The van der Waals surface area contributed by atoms with Crippen molar-refractivity contribution in [3.8, 4) is 0 Å². The fraction of sp³-hybridized carbons (Fsp3) is 0.533. The van der Waals surface area contributed by atoms with Gasteiger partial charge in [0.25, 0.3) is 0 Å². The molecule has 0 amide bonds. The van der Waals surface area contributed by atoms with Crippen LogP contribution in [0, 0.1) is 5.92 Å². The van der Waals surface area contributed by atoms with Crippen molar-refractivity contribution in [1.29, 1.82) is 0 Å². The summed E-state index contributed by atoms with van der Waals surface area (Å²) in [5, 5.41) is 13.1. The minimum Gasteiger partial charge on any atom is -0.478 e. The highest BCUT2D eigenvalue weighted by atomic mass is 35.5. The molecule has 2 N–H and O–H groups in total. The van der Waals surface area contributed by atoms with Crippen molar-refractivity contribution in [1.82, 2.24) is 0 Å². The third-order valence-electron chi connectivity index (χ3n) is 3.91. The molecule has 2 atom stereocenters. The molecule has 2 unspecified atom stereocenters. The molecule has 1 saturated carbocycles. The largest absolute Gasteiger partial charge is 0.478 e. The Kier molecular flexibility index (Phi) is 4.70. The topological polar surface area (TPSA) is 49.3 Å². The number of benzene rings is 1. The van der Waals surface area contributed by atoms with Gasteiger partial charge >= 0.3 is 5.97 Å². The summed E-state index contributed by atoms with van der Waals surface area (Å²) < 4.78 is 0. The van der Waals surface area contributed by atoms with Crippen LogP contribution < -0.4 is 5.32 Å². The van der Waals surface area contributed by atoms with Crippen molar-refractivity contribution in [3.05, 3.63) is 28.8 Å². The van der Waals surface area contributed by atoms with Gasteiger partial charge in [0.2, 0.25) is 0 Å². The standard InChI is InChI=1S/C15H20ClNO2/c1-10-5-3-2-4-6-13(10)17-14-8-7-11(16)9-12(14)15(18)19/h7-10,13,17H,2-6H2,1H3,(H,18,19). The predicted molar refractivity (Wildman–Crippen MR) is 78.1 cm³/mol. The molecule has 1 aliphatic carbocycles. The van der Waals surface area contributed by atoms with Crippen LogP contribution in [0.1, 0.15) is 49.4 Å². The molecule has 1 aromatic carbocycles. The molecular formula is C15H20ClNO2. The zero-order chi connectivity index (χ0) is 13.8.